The number of hydrogen-bond acceptors (Lipinski definition) is 3. The van der Waals surface area contributed by atoms with E-state index in [2.05, 4.69) is 5.32 Å². The van der Waals surface area contributed by atoms with Crippen molar-refractivity contribution in [1.29, 1.82) is 0 Å². The number of aryl methyl sites for hydroxylation is 1. The third-order valence-electron chi connectivity index (χ3n) is 2.51. The number of carbonyl (C=O) groups is 2. The quantitative estimate of drug-likeness (QED) is 0.789. The number of benzene rings is 1. The standard InChI is InChI=1S/C12H14ClNO3/c1-7-3-4-8(13)5-9(7)12(17)10(14-2)6-11(15)16/h3-5,10,14H,6H2,1-2H3,(H,15,16). The zero-order chi connectivity index (χ0) is 13.0. The van der Waals surface area contributed by atoms with Gasteiger partial charge in [0.05, 0.1) is 12.5 Å². The molecule has 1 aromatic carbocycles. The van der Waals surface area contributed by atoms with E-state index < -0.39 is 12.0 Å². The van der Waals surface area contributed by atoms with Crippen molar-refractivity contribution in [2.24, 2.45) is 0 Å². The normalized spacial score (nSPS) is 12.2. The SMILES string of the molecule is CNC(CC(=O)O)C(=O)c1cc(Cl)ccc1C. The highest BCUT2D eigenvalue weighted by atomic mass is 35.5. The monoisotopic (exact) mass is 255 g/mol. The van der Waals surface area contributed by atoms with Crippen molar-refractivity contribution in [3.63, 3.8) is 0 Å². The molecule has 1 unspecified atom stereocenters. The lowest BCUT2D eigenvalue weighted by Gasteiger charge is -2.14. The summed E-state index contributed by atoms with van der Waals surface area (Å²) in [6.07, 6.45) is -0.249. The molecule has 0 spiro atoms. The van der Waals surface area contributed by atoms with E-state index in [4.69, 9.17) is 16.7 Å². The van der Waals surface area contributed by atoms with Gasteiger partial charge >= 0.3 is 5.97 Å². The van der Waals surface area contributed by atoms with Crippen LogP contribution in [-0.4, -0.2) is 29.9 Å². The van der Waals surface area contributed by atoms with Crippen LogP contribution in [0.5, 0.6) is 0 Å². The van der Waals surface area contributed by atoms with Crippen LogP contribution in [0.3, 0.4) is 0 Å². The van der Waals surface area contributed by atoms with E-state index in [1.807, 2.05) is 0 Å². The lowest BCUT2D eigenvalue weighted by molar-refractivity contribution is -0.137. The lowest BCUT2D eigenvalue weighted by Crippen LogP contribution is -2.36. The van der Waals surface area contributed by atoms with Crippen LogP contribution in [0.2, 0.25) is 5.02 Å². The van der Waals surface area contributed by atoms with Crippen LogP contribution in [0, 0.1) is 6.92 Å². The number of aliphatic carboxylic acids is 1. The Hall–Kier alpha value is -1.39. The van der Waals surface area contributed by atoms with Gasteiger partial charge in [0.25, 0.3) is 0 Å². The average molecular weight is 256 g/mol. The van der Waals surface area contributed by atoms with Crippen molar-refractivity contribution in [3.8, 4) is 0 Å². The van der Waals surface area contributed by atoms with Crippen LogP contribution < -0.4 is 5.32 Å². The Balaban J connectivity index is 3.01. The molecule has 0 aliphatic heterocycles. The minimum Gasteiger partial charge on any atom is -0.481 e. The highest BCUT2D eigenvalue weighted by Crippen LogP contribution is 2.17. The lowest BCUT2D eigenvalue weighted by atomic mass is 9.98. The van der Waals surface area contributed by atoms with Gasteiger partial charge in [-0.05, 0) is 31.7 Å². The minimum atomic E-state index is -1.02. The number of halogens is 1. The summed E-state index contributed by atoms with van der Waals surface area (Å²) in [5.74, 6) is -1.27. The van der Waals surface area contributed by atoms with E-state index in [-0.39, 0.29) is 12.2 Å². The van der Waals surface area contributed by atoms with E-state index in [0.29, 0.717) is 10.6 Å². The van der Waals surface area contributed by atoms with Crippen molar-refractivity contribution in [1.82, 2.24) is 5.32 Å². The zero-order valence-corrected chi connectivity index (χ0v) is 10.4. The summed E-state index contributed by atoms with van der Waals surface area (Å²) in [7, 11) is 1.56. The predicted octanol–water partition coefficient (Wildman–Crippen LogP) is 1.89. The number of carbonyl (C=O) groups excluding carboxylic acids is 1. The Kier molecular flexibility index (Phi) is 4.66. The molecule has 0 fully saturated rings. The number of nitrogens with one attached hydrogen (secondary N) is 1. The minimum absolute atomic E-state index is 0.249. The number of likely N-dealkylation sites (N-methyl/N-ethyl adjacent to an activating group) is 1. The first kappa shape index (κ1) is 13.7. The Morgan fingerprint density at radius 1 is 1.47 bits per heavy atom. The Morgan fingerprint density at radius 2 is 2.12 bits per heavy atom. The molecule has 0 aliphatic carbocycles. The van der Waals surface area contributed by atoms with Crippen LogP contribution in [0.25, 0.3) is 0 Å². The molecule has 0 heterocycles. The van der Waals surface area contributed by atoms with Gasteiger partial charge in [-0.3, -0.25) is 9.59 Å². The number of carboxylic acids is 1. The summed E-state index contributed by atoms with van der Waals surface area (Å²) in [5.41, 5.74) is 1.24. The first-order chi connectivity index (χ1) is 7.95. The smallest absolute Gasteiger partial charge is 0.305 e. The van der Waals surface area contributed by atoms with Crippen LogP contribution >= 0.6 is 11.6 Å². The molecule has 0 aromatic heterocycles. The molecule has 0 aliphatic rings. The maximum Gasteiger partial charge on any atom is 0.305 e. The number of hydrogen-bond donors (Lipinski definition) is 2. The van der Waals surface area contributed by atoms with Gasteiger partial charge in [0, 0.05) is 10.6 Å². The molecule has 0 bridgehead atoms. The van der Waals surface area contributed by atoms with E-state index in [0.717, 1.165) is 5.56 Å². The summed E-state index contributed by atoms with van der Waals surface area (Å²) >= 11 is 5.83. The van der Waals surface area contributed by atoms with Crippen molar-refractivity contribution in [3.05, 3.63) is 34.3 Å². The molecule has 2 N–H and O–H groups in total. The third-order valence-corrected chi connectivity index (χ3v) is 2.74. The Labute approximate surface area is 105 Å². The zero-order valence-electron chi connectivity index (χ0n) is 9.66. The summed E-state index contributed by atoms with van der Waals surface area (Å²) < 4.78 is 0. The Morgan fingerprint density at radius 3 is 2.65 bits per heavy atom. The molecule has 4 nitrogen and oxygen atoms in total. The topological polar surface area (TPSA) is 66.4 Å². The summed E-state index contributed by atoms with van der Waals surface area (Å²) in [4.78, 5) is 22.7. The average Bonchev–Trinajstić information content (AvgIpc) is 2.28. The third kappa shape index (κ3) is 3.54. The fourth-order valence-electron chi connectivity index (χ4n) is 1.55. The van der Waals surface area contributed by atoms with Crippen LogP contribution in [-0.2, 0) is 4.79 Å². The number of rotatable bonds is 5. The van der Waals surface area contributed by atoms with Gasteiger partial charge in [0.15, 0.2) is 5.78 Å². The molecular weight excluding hydrogens is 242 g/mol. The molecule has 0 saturated carbocycles. The van der Waals surface area contributed by atoms with E-state index >= 15 is 0 Å². The second-order valence-corrected chi connectivity index (χ2v) is 4.20. The molecule has 1 atom stereocenters. The summed E-state index contributed by atoms with van der Waals surface area (Å²) in [6.45, 7) is 1.79. The summed E-state index contributed by atoms with van der Waals surface area (Å²) in [6, 6.07) is 4.26. The van der Waals surface area contributed by atoms with Crippen molar-refractivity contribution >= 4 is 23.4 Å². The highest BCUT2D eigenvalue weighted by molar-refractivity contribution is 6.31. The molecule has 1 rings (SSSR count). The van der Waals surface area contributed by atoms with Crippen molar-refractivity contribution in [2.75, 3.05) is 7.05 Å². The van der Waals surface area contributed by atoms with E-state index in [1.165, 1.54) is 0 Å². The van der Waals surface area contributed by atoms with Crippen molar-refractivity contribution < 1.29 is 14.7 Å². The van der Waals surface area contributed by atoms with E-state index in [9.17, 15) is 9.59 Å². The number of Topliss-reactive ketones (excluding diaryl/α,β-unsaturated/α-hetero) is 1. The van der Waals surface area contributed by atoms with Gasteiger partial charge in [-0.1, -0.05) is 17.7 Å². The van der Waals surface area contributed by atoms with Crippen LogP contribution in [0.15, 0.2) is 18.2 Å². The maximum atomic E-state index is 12.1. The van der Waals surface area contributed by atoms with Gasteiger partial charge in [-0.25, -0.2) is 0 Å². The maximum absolute atomic E-state index is 12.1. The van der Waals surface area contributed by atoms with Crippen LogP contribution in [0.1, 0.15) is 22.3 Å². The first-order valence-corrected chi connectivity index (χ1v) is 5.53. The van der Waals surface area contributed by atoms with Gasteiger partial charge < -0.3 is 10.4 Å². The fourth-order valence-corrected chi connectivity index (χ4v) is 1.72. The van der Waals surface area contributed by atoms with E-state index in [1.54, 1.807) is 32.2 Å². The first-order valence-electron chi connectivity index (χ1n) is 5.15. The molecule has 5 heteroatoms. The van der Waals surface area contributed by atoms with Gasteiger partial charge in [-0.2, -0.15) is 0 Å². The molecule has 0 saturated heterocycles. The molecule has 0 amide bonds. The number of ketones is 1. The van der Waals surface area contributed by atoms with Gasteiger partial charge in [0.1, 0.15) is 0 Å². The molecule has 1 aromatic rings. The second kappa shape index (κ2) is 5.80. The van der Waals surface area contributed by atoms with Gasteiger partial charge in [0.2, 0.25) is 0 Å². The molecule has 92 valence electrons. The van der Waals surface area contributed by atoms with Gasteiger partial charge in [-0.15, -0.1) is 0 Å². The number of carboxylic acid groups (broad SMARTS) is 1. The largest absolute Gasteiger partial charge is 0.481 e. The highest BCUT2D eigenvalue weighted by Gasteiger charge is 2.22. The van der Waals surface area contributed by atoms with Crippen LogP contribution in [0.4, 0.5) is 0 Å². The fraction of sp³-hybridized carbons (Fsp3) is 0.333. The second-order valence-electron chi connectivity index (χ2n) is 3.76. The molecular formula is C12H14ClNO3. The summed E-state index contributed by atoms with van der Waals surface area (Å²) in [5, 5.41) is 11.9. The molecule has 17 heavy (non-hydrogen) atoms. The molecule has 0 radical (unpaired) electrons. The van der Waals surface area contributed by atoms with Crippen molar-refractivity contribution in [2.45, 2.75) is 19.4 Å². The predicted molar refractivity (Wildman–Crippen MR) is 65.6 cm³/mol. The Bertz CT molecular complexity index is 445.